The topological polar surface area (TPSA) is 49.9 Å². The highest BCUT2D eigenvalue weighted by Gasteiger charge is 2.20. The first-order valence-corrected chi connectivity index (χ1v) is 8.68. The number of hydrogen-bond acceptors (Lipinski definition) is 4. The number of unbranched alkanes of at least 4 members (excludes halogenated alkanes) is 1. The molecule has 1 aromatic rings. The highest BCUT2D eigenvalue weighted by atomic mass is 16.5. The standard InChI is InChI=1S/C15H20N2O3.C4H10/c1-12-3-5-13(6-4-12)15(19)20-11-14(18)17-9-7-16(2)8-10-17;1-3-4-2/h3-6H,7-11H2,1-2H3;3-4H2,1-2H3. The molecular weight excluding hydrogens is 304 g/mol. The highest BCUT2D eigenvalue weighted by Crippen LogP contribution is 2.06. The molecule has 5 heteroatoms. The average molecular weight is 334 g/mol. The average Bonchev–Trinajstić information content (AvgIpc) is 2.60. The summed E-state index contributed by atoms with van der Waals surface area (Å²) in [6.45, 7) is 9.23. The third-order valence-corrected chi connectivity index (χ3v) is 3.97. The first-order valence-electron chi connectivity index (χ1n) is 8.68. The maximum atomic E-state index is 11.9. The van der Waals surface area contributed by atoms with E-state index in [4.69, 9.17) is 4.74 Å². The van der Waals surface area contributed by atoms with Crippen LogP contribution in [0, 0.1) is 6.92 Å². The molecule has 1 aromatic carbocycles. The summed E-state index contributed by atoms with van der Waals surface area (Å²) in [5, 5.41) is 0. The molecule has 0 aromatic heterocycles. The lowest BCUT2D eigenvalue weighted by molar-refractivity contribution is -0.136. The normalized spacial score (nSPS) is 14.6. The van der Waals surface area contributed by atoms with Crippen LogP contribution >= 0.6 is 0 Å². The van der Waals surface area contributed by atoms with Gasteiger partial charge < -0.3 is 14.5 Å². The Morgan fingerprint density at radius 1 is 1.00 bits per heavy atom. The molecule has 0 spiro atoms. The molecule has 1 aliphatic heterocycles. The van der Waals surface area contributed by atoms with Gasteiger partial charge in [-0.2, -0.15) is 0 Å². The maximum Gasteiger partial charge on any atom is 0.338 e. The van der Waals surface area contributed by atoms with Gasteiger partial charge in [-0.1, -0.05) is 44.4 Å². The minimum Gasteiger partial charge on any atom is -0.452 e. The molecule has 0 saturated carbocycles. The zero-order valence-corrected chi connectivity index (χ0v) is 15.4. The van der Waals surface area contributed by atoms with Gasteiger partial charge in [-0.15, -0.1) is 0 Å². The zero-order valence-electron chi connectivity index (χ0n) is 15.4. The van der Waals surface area contributed by atoms with Crippen molar-refractivity contribution in [2.45, 2.75) is 33.6 Å². The Balaban J connectivity index is 0.000000648. The van der Waals surface area contributed by atoms with Gasteiger partial charge in [-0.25, -0.2) is 4.79 Å². The van der Waals surface area contributed by atoms with Gasteiger partial charge >= 0.3 is 5.97 Å². The minimum absolute atomic E-state index is 0.126. The molecule has 1 saturated heterocycles. The van der Waals surface area contributed by atoms with Gasteiger partial charge in [-0.05, 0) is 26.1 Å². The molecule has 1 aliphatic rings. The number of benzene rings is 1. The van der Waals surface area contributed by atoms with E-state index in [0.29, 0.717) is 18.7 Å². The monoisotopic (exact) mass is 334 g/mol. The predicted molar refractivity (Wildman–Crippen MR) is 96.1 cm³/mol. The van der Waals surface area contributed by atoms with E-state index in [9.17, 15) is 9.59 Å². The summed E-state index contributed by atoms with van der Waals surface area (Å²) in [6, 6.07) is 7.10. The molecule has 5 nitrogen and oxygen atoms in total. The molecule has 1 amide bonds. The summed E-state index contributed by atoms with van der Waals surface area (Å²) in [5.41, 5.74) is 1.55. The third kappa shape index (κ3) is 7.13. The highest BCUT2D eigenvalue weighted by molar-refractivity contribution is 5.91. The first kappa shape index (κ1) is 20.2. The number of piperazine rings is 1. The van der Waals surface area contributed by atoms with Crippen molar-refractivity contribution in [3.05, 3.63) is 35.4 Å². The Morgan fingerprint density at radius 2 is 1.54 bits per heavy atom. The lowest BCUT2D eigenvalue weighted by atomic mass is 10.1. The number of carbonyl (C=O) groups excluding carboxylic acids is 2. The van der Waals surface area contributed by atoms with Crippen LogP contribution in [0.5, 0.6) is 0 Å². The Kier molecular flexibility index (Phi) is 9.08. The van der Waals surface area contributed by atoms with Crippen LogP contribution in [0.3, 0.4) is 0 Å². The van der Waals surface area contributed by atoms with E-state index in [1.54, 1.807) is 17.0 Å². The van der Waals surface area contributed by atoms with Gasteiger partial charge in [0, 0.05) is 26.2 Å². The van der Waals surface area contributed by atoms with E-state index in [0.717, 1.165) is 18.7 Å². The zero-order chi connectivity index (χ0) is 17.9. The van der Waals surface area contributed by atoms with Crippen LogP contribution in [-0.4, -0.2) is 61.5 Å². The van der Waals surface area contributed by atoms with Crippen LogP contribution in [0.2, 0.25) is 0 Å². The smallest absolute Gasteiger partial charge is 0.338 e. The summed E-state index contributed by atoms with van der Waals surface area (Å²) in [5.74, 6) is -0.578. The molecule has 24 heavy (non-hydrogen) atoms. The van der Waals surface area contributed by atoms with Crippen molar-refractivity contribution in [2.24, 2.45) is 0 Å². The number of amides is 1. The van der Waals surface area contributed by atoms with Crippen molar-refractivity contribution in [3.8, 4) is 0 Å². The molecule has 0 N–H and O–H groups in total. The van der Waals surface area contributed by atoms with Gasteiger partial charge in [-0.3, -0.25) is 4.79 Å². The molecule has 0 unspecified atom stereocenters. The summed E-state index contributed by atoms with van der Waals surface area (Å²) in [6.07, 6.45) is 2.64. The van der Waals surface area contributed by atoms with E-state index in [2.05, 4.69) is 18.7 Å². The number of aryl methyl sites for hydroxylation is 1. The van der Waals surface area contributed by atoms with Crippen LogP contribution in [0.4, 0.5) is 0 Å². The number of likely N-dealkylation sites (N-methyl/N-ethyl adjacent to an activating group) is 1. The fourth-order valence-corrected chi connectivity index (χ4v) is 2.05. The van der Waals surface area contributed by atoms with Crippen LogP contribution in [-0.2, 0) is 9.53 Å². The van der Waals surface area contributed by atoms with E-state index >= 15 is 0 Å². The van der Waals surface area contributed by atoms with Crippen molar-refractivity contribution in [1.29, 1.82) is 0 Å². The van der Waals surface area contributed by atoms with Crippen molar-refractivity contribution in [3.63, 3.8) is 0 Å². The second-order valence-corrected chi connectivity index (χ2v) is 6.13. The Hall–Kier alpha value is -1.88. The van der Waals surface area contributed by atoms with E-state index in [1.807, 2.05) is 26.1 Å². The van der Waals surface area contributed by atoms with Crippen molar-refractivity contribution in [2.75, 3.05) is 39.8 Å². The molecule has 1 heterocycles. The van der Waals surface area contributed by atoms with Crippen LogP contribution in [0.1, 0.15) is 42.6 Å². The van der Waals surface area contributed by atoms with E-state index < -0.39 is 5.97 Å². The third-order valence-electron chi connectivity index (χ3n) is 3.97. The van der Waals surface area contributed by atoms with Gasteiger partial charge in [0.15, 0.2) is 6.61 Å². The second-order valence-electron chi connectivity index (χ2n) is 6.13. The number of carbonyl (C=O) groups is 2. The minimum atomic E-state index is -0.451. The summed E-state index contributed by atoms with van der Waals surface area (Å²) in [4.78, 5) is 27.6. The van der Waals surface area contributed by atoms with Crippen LogP contribution in [0.15, 0.2) is 24.3 Å². The van der Waals surface area contributed by atoms with Gasteiger partial charge in [0.05, 0.1) is 5.56 Å². The lowest BCUT2D eigenvalue weighted by Crippen LogP contribution is -2.48. The SMILES string of the molecule is CCCC.Cc1ccc(C(=O)OCC(=O)N2CCN(C)CC2)cc1. The van der Waals surface area contributed by atoms with Gasteiger partial charge in [0.1, 0.15) is 0 Å². The number of hydrogen-bond donors (Lipinski definition) is 0. The number of rotatable bonds is 4. The molecule has 0 bridgehead atoms. The molecule has 0 radical (unpaired) electrons. The van der Waals surface area contributed by atoms with Gasteiger partial charge in [0.2, 0.25) is 0 Å². The fourth-order valence-electron chi connectivity index (χ4n) is 2.05. The number of nitrogens with zero attached hydrogens (tertiary/aromatic N) is 2. The van der Waals surface area contributed by atoms with Crippen LogP contribution < -0.4 is 0 Å². The maximum absolute atomic E-state index is 11.9. The molecule has 0 atom stereocenters. The molecule has 1 fully saturated rings. The Bertz CT molecular complexity index is 504. The summed E-state index contributed by atoms with van der Waals surface area (Å²) in [7, 11) is 2.03. The van der Waals surface area contributed by atoms with Crippen molar-refractivity contribution >= 4 is 11.9 Å². The Morgan fingerprint density at radius 3 is 2.04 bits per heavy atom. The molecule has 0 aliphatic carbocycles. The predicted octanol–water partition coefficient (Wildman–Crippen LogP) is 2.73. The van der Waals surface area contributed by atoms with Crippen LogP contribution in [0.25, 0.3) is 0 Å². The van der Waals surface area contributed by atoms with Gasteiger partial charge in [0.25, 0.3) is 5.91 Å². The largest absolute Gasteiger partial charge is 0.452 e. The molecular formula is C19H30N2O3. The van der Waals surface area contributed by atoms with E-state index in [-0.39, 0.29) is 12.5 Å². The number of ether oxygens (including phenoxy) is 1. The number of esters is 1. The molecule has 134 valence electrons. The van der Waals surface area contributed by atoms with Crippen molar-refractivity contribution < 1.29 is 14.3 Å². The summed E-state index contributed by atoms with van der Waals surface area (Å²) < 4.78 is 5.07. The van der Waals surface area contributed by atoms with E-state index in [1.165, 1.54) is 12.8 Å². The lowest BCUT2D eigenvalue weighted by Gasteiger charge is -2.32. The van der Waals surface area contributed by atoms with Crippen molar-refractivity contribution in [1.82, 2.24) is 9.80 Å². The Labute approximate surface area is 145 Å². The quantitative estimate of drug-likeness (QED) is 0.795. The second kappa shape index (κ2) is 10.8. The fraction of sp³-hybridized carbons (Fsp3) is 0.579. The molecule has 2 rings (SSSR count). The summed E-state index contributed by atoms with van der Waals surface area (Å²) >= 11 is 0. The first-order chi connectivity index (χ1) is 11.5.